The molecule has 1 saturated carbocycles. The van der Waals surface area contributed by atoms with E-state index in [1.54, 1.807) is 6.92 Å². The minimum atomic E-state index is -1.32. The third-order valence-electron chi connectivity index (χ3n) is 7.51. The highest BCUT2D eigenvalue weighted by atomic mass is 19.2. The molecule has 0 radical (unpaired) electrons. The second-order valence-corrected chi connectivity index (χ2v) is 10.1. The number of rotatable bonds is 10. The van der Waals surface area contributed by atoms with Crippen molar-refractivity contribution < 1.29 is 40.9 Å². The monoisotopic (exact) mass is 566 g/mol. The highest BCUT2D eigenvalue weighted by Gasteiger charge is 2.28. The van der Waals surface area contributed by atoms with Crippen molar-refractivity contribution in [1.29, 1.82) is 0 Å². The van der Waals surface area contributed by atoms with E-state index in [2.05, 4.69) is 0 Å². The first-order chi connectivity index (χ1) is 19.2. The van der Waals surface area contributed by atoms with Crippen LogP contribution in [0.4, 0.5) is 26.3 Å². The summed E-state index contributed by atoms with van der Waals surface area (Å²) in [6, 6.07) is 7.60. The maximum absolute atomic E-state index is 15.1. The van der Waals surface area contributed by atoms with E-state index < -0.39 is 46.6 Å². The third kappa shape index (κ3) is 6.09. The molecule has 4 rings (SSSR count). The number of aliphatic hydroxyl groups excluding tert-OH is 1. The minimum absolute atomic E-state index is 0.00261. The molecule has 3 aromatic rings. The van der Waals surface area contributed by atoms with Crippen molar-refractivity contribution in [2.75, 3.05) is 13.2 Å². The number of aliphatic hydroxyl groups is 1. The van der Waals surface area contributed by atoms with Crippen molar-refractivity contribution in [1.82, 2.24) is 0 Å². The molecule has 1 aliphatic rings. The number of ether oxygens (including phenoxy) is 2. The molecule has 0 saturated heterocycles. The van der Waals surface area contributed by atoms with Crippen LogP contribution in [0, 0.1) is 40.8 Å². The second-order valence-electron chi connectivity index (χ2n) is 10.1. The average Bonchev–Trinajstić information content (AvgIpc) is 2.94. The van der Waals surface area contributed by atoms with Gasteiger partial charge in [-0.2, -0.15) is 8.78 Å². The van der Waals surface area contributed by atoms with Gasteiger partial charge in [-0.1, -0.05) is 25.5 Å². The summed E-state index contributed by atoms with van der Waals surface area (Å²) < 4.78 is 98.5. The fraction of sp³-hybridized carbons (Fsp3) is 0.419. The highest BCUT2D eigenvalue weighted by Crippen LogP contribution is 2.40. The molecule has 1 aliphatic carbocycles. The Morgan fingerprint density at radius 1 is 0.700 bits per heavy atom. The van der Waals surface area contributed by atoms with Gasteiger partial charge in [0.05, 0.1) is 19.3 Å². The lowest BCUT2D eigenvalue weighted by atomic mass is 9.78. The van der Waals surface area contributed by atoms with Crippen LogP contribution in [0.25, 0.3) is 11.1 Å². The predicted molar refractivity (Wildman–Crippen MR) is 139 cm³/mol. The zero-order chi connectivity index (χ0) is 29.0. The van der Waals surface area contributed by atoms with Gasteiger partial charge in [-0.25, -0.2) is 17.6 Å². The Bertz CT molecular complexity index is 1340. The molecule has 0 amide bonds. The number of halogens is 6. The molecule has 1 fully saturated rings. The molecular formula is C31H32F6O3. The Morgan fingerprint density at radius 3 is 1.93 bits per heavy atom. The van der Waals surface area contributed by atoms with E-state index in [-0.39, 0.29) is 53.2 Å². The maximum atomic E-state index is 15.1. The predicted octanol–water partition coefficient (Wildman–Crippen LogP) is 8.77. The highest BCUT2D eigenvalue weighted by molar-refractivity contribution is 5.66. The quantitative estimate of drug-likeness (QED) is 0.249. The van der Waals surface area contributed by atoms with E-state index >= 15 is 8.78 Å². The van der Waals surface area contributed by atoms with Gasteiger partial charge in [-0.3, -0.25) is 0 Å². The topological polar surface area (TPSA) is 38.7 Å². The van der Waals surface area contributed by atoms with E-state index in [1.165, 1.54) is 30.3 Å². The zero-order valence-electron chi connectivity index (χ0n) is 22.4. The summed E-state index contributed by atoms with van der Waals surface area (Å²) in [4.78, 5) is 0. The first kappa shape index (κ1) is 29.8. The fourth-order valence-corrected chi connectivity index (χ4v) is 5.29. The van der Waals surface area contributed by atoms with Crippen LogP contribution in [0.3, 0.4) is 0 Å². The average molecular weight is 567 g/mol. The Kier molecular flexibility index (Phi) is 9.66. The molecule has 1 unspecified atom stereocenters. The Morgan fingerprint density at radius 2 is 1.27 bits per heavy atom. The molecule has 0 spiro atoms. The van der Waals surface area contributed by atoms with Crippen LogP contribution in [0.1, 0.15) is 75.5 Å². The van der Waals surface area contributed by atoms with Gasteiger partial charge in [0.25, 0.3) is 0 Å². The number of hydrogen-bond acceptors (Lipinski definition) is 3. The van der Waals surface area contributed by atoms with E-state index in [0.29, 0.717) is 38.5 Å². The van der Waals surface area contributed by atoms with Gasteiger partial charge in [-0.15, -0.1) is 0 Å². The van der Waals surface area contributed by atoms with Gasteiger partial charge >= 0.3 is 0 Å². The molecule has 216 valence electrons. The van der Waals surface area contributed by atoms with Crippen LogP contribution < -0.4 is 9.47 Å². The molecule has 1 atom stereocenters. The largest absolute Gasteiger partial charge is 0.491 e. The number of hydrogen-bond donors (Lipinski definition) is 1. The summed E-state index contributed by atoms with van der Waals surface area (Å²) in [5.74, 6) is -8.07. The van der Waals surface area contributed by atoms with Crippen LogP contribution in [-0.2, 0) is 0 Å². The lowest BCUT2D eigenvalue weighted by Gasteiger charge is -2.29. The van der Waals surface area contributed by atoms with Crippen LogP contribution in [0.15, 0.2) is 36.4 Å². The van der Waals surface area contributed by atoms with E-state index in [4.69, 9.17) is 9.47 Å². The lowest BCUT2D eigenvalue weighted by Crippen LogP contribution is -2.20. The summed E-state index contributed by atoms with van der Waals surface area (Å²) >= 11 is 0. The first-order valence-electron chi connectivity index (χ1n) is 13.6. The van der Waals surface area contributed by atoms with E-state index in [0.717, 1.165) is 6.07 Å². The molecule has 40 heavy (non-hydrogen) atoms. The van der Waals surface area contributed by atoms with Crippen molar-refractivity contribution in [3.05, 3.63) is 82.4 Å². The molecule has 0 bridgehead atoms. The van der Waals surface area contributed by atoms with Crippen molar-refractivity contribution in [3.8, 4) is 22.6 Å². The summed E-state index contributed by atoms with van der Waals surface area (Å²) in [6.45, 7) is 3.68. The Balaban J connectivity index is 1.40. The van der Waals surface area contributed by atoms with E-state index in [9.17, 15) is 22.7 Å². The summed E-state index contributed by atoms with van der Waals surface area (Å²) in [5, 5.41) is 10.00. The lowest BCUT2D eigenvalue weighted by molar-refractivity contribution is 0.159. The van der Waals surface area contributed by atoms with E-state index in [1.807, 2.05) is 6.92 Å². The molecule has 9 heteroatoms. The molecule has 0 aromatic heterocycles. The summed E-state index contributed by atoms with van der Waals surface area (Å²) in [6.07, 6.45) is 2.02. The van der Waals surface area contributed by atoms with Crippen LogP contribution >= 0.6 is 0 Å². The van der Waals surface area contributed by atoms with Crippen molar-refractivity contribution >= 4 is 0 Å². The second kappa shape index (κ2) is 13.0. The molecule has 0 aliphatic heterocycles. The Labute approximate surface area is 229 Å². The fourth-order valence-electron chi connectivity index (χ4n) is 5.29. The Hall–Kier alpha value is -3.20. The van der Waals surface area contributed by atoms with Crippen molar-refractivity contribution in [3.63, 3.8) is 0 Å². The SMILES string of the molecule is CCCC(O)c1ccc(OCC2CCC(c3ccc(-c4ccc(OCC)c(F)c4F)c(F)c3F)CC2)c(F)c1F. The van der Waals surface area contributed by atoms with Gasteiger partial charge < -0.3 is 14.6 Å². The minimum Gasteiger partial charge on any atom is -0.491 e. The molecular weight excluding hydrogens is 534 g/mol. The van der Waals surface area contributed by atoms with Gasteiger partial charge in [0.1, 0.15) is 0 Å². The zero-order valence-corrected chi connectivity index (χ0v) is 22.4. The van der Waals surface area contributed by atoms with Crippen molar-refractivity contribution in [2.24, 2.45) is 5.92 Å². The van der Waals surface area contributed by atoms with Gasteiger partial charge in [0, 0.05) is 16.7 Å². The molecule has 0 heterocycles. The molecule has 1 N–H and O–H groups in total. The van der Waals surface area contributed by atoms with Gasteiger partial charge in [0.2, 0.25) is 11.6 Å². The number of benzene rings is 3. The normalized spacial score (nSPS) is 18.0. The summed E-state index contributed by atoms with van der Waals surface area (Å²) in [7, 11) is 0. The summed E-state index contributed by atoms with van der Waals surface area (Å²) in [5.41, 5.74) is -0.740. The smallest absolute Gasteiger partial charge is 0.201 e. The third-order valence-corrected chi connectivity index (χ3v) is 7.51. The van der Waals surface area contributed by atoms with Crippen LogP contribution in [0.2, 0.25) is 0 Å². The molecule has 3 nitrogen and oxygen atoms in total. The first-order valence-corrected chi connectivity index (χ1v) is 13.6. The van der Waals surface area contributed by atoms with Crippen LogP contribution in [0.5, 0.6) is 11.5 Å². The van der Waals surface area contributed by atoms with Crippen molar-refractivity contribution in [2.45, 2.75) is 64.4 Å². The molecule has 3 aromatic carbocycles. The van der Waals surface area contributed by atoms with Gasteiger partial charge in [0.15, 0.2) is 34.8 Å². The van der Waals surface area contributed by atoms with Gasteiger partial charge in [-0.05, 0) is 80.7 Å². The van der Waals surface area contributed by atoms with Crippen LogP contribution in [-0.4, -0.2) is 18.3 Å². The standard InChI is InChI=1S/C31H32F6O3/c1-3-5-23(38)22-13-15-25(31(37)29(22)35)40-16-17-6-8-18(9-7-17)19-10-11-20(27(33)26(19)32)21-12-14-24(39-4-2)30(36)28(21)34/h10-15,17-18,23,38H,3-9,16H2,1-2H3. The maximum Gasteiger partial charge on any atom is 0.201 e.